The molecule has 0 bridgehead atoms. The first kappa shape index (κ1) is 18.5. The molecule has 0 fully saturated rings. The first-order valence-electron chi connectivity index (χ1n) is 10.1. The maximum Gasteiger partial charge on any atom is 0.214 e. The third-order valence-electron chi connectivity index (χ3n) is 5.49. The highest BCUT2D eigenvalue weighted by atomic mass is 16.5. The van der Waals surface area contributed by atoms with Crippen molar-refractivity contribution in [3.63, 3.8) is 0 Å². The van der Waals surface area contributed by atoms with Gasteiger partial charge in [0.1, 0.15) is 5.75 Å². The molecule has 30 heavy (non-hydrogen) atoms. The minimum absolute atomic E-state index is 0.0735. The zero-order chi connectivity index (χ0) is 20.5. The van der Waals surface area contributed by atoms with Crippen LogP contribution in [0.3, 0.4) is 0 Å². The van der Waals surface area contributed by atoms with Crippen molar-refractivity contribution < 1.29 is 14.2 Å². The van der Waals surface area contributed by atoms with Crippen LogP contribution in [0.5, 0.6) is 17.2 Å². The van der Waals surface area contributed by atoms with Crippen molar-refractivity contribution in [2.75, 3.05) is 13.7 Å². The largest absolute Gasteiger partial charge is 0.497 e. The lowest BCUT2D eigenvalue weighted by molar-refractivity contribution is -0.0212. The summed E-state index contributed by atoms with van der Waals surface area (Å²) in [6.07, 6.45) is 4.01. The summed E-state index contributed by atoms with van der Waals surface area (Å²) in [6.45, 7) is 2.57. The minimum atomic E-state index is -0.345. The van der Waals surface area contributed by atoms with E-state index < -0.39 is 0 Å². The first-order valence-corrected chi connectivity index (χ1v) is 10.1. The summed E-state index contributed by atoms with van der Waals surface area (Å²) in [5, 5.41) is 7.05. The molecular weight excluding hydrogens is 378 g/mol. The molecule has 6 heteroatoms. The van der Waals surface area contributed by atoms with E-state index in [-0.39, 0.29) is 12.3 Å². The van der Waals surface area contributed by atoms with Crippen LogP contribution in [0, 0.1) is 0 Å². The molecule has 0 saturated heterocycles. The van der Waals surface area contributed by atoms with E-state index in [1.54, 1.807) is 19.5 Å². The van der Waals surface area contributed by atoms with Gasteiger partial charge < -0.3 is 14.2 Å². The van der Waals surface area contributed by atoms with Crippen molar-refractivity contribution in [2.45, 2.75) is 25.6 Å². The molecule has 152 valence electrons. The molecule has 5 rings (SSSR count). The van der Waals surface area contributed by atoms with Crippen molar-refractivity contribution >= 4 is 5.71 Å². The van der Waals surface area contributed by atoms with E-state index in [0.29, 0.717) is 6.61 Å². The highest BCUT2D eigenvalue weighted by Gasteiger charge is 2.42. The van der Waals surface area contributed by atoms with Crippen LogP contribution in [0.25, 0.3) is 0 Å². The van der Waals surface area contributed by atoms with Crippen LogP contribution in [0.4, 0.5) is 0 Å². The van der Waals surface area contributed by atoms with E-state index in [2.05, 4.69) is 28.2 Å². The van der Waals surface area contributed by atoms with Crippen LogP contribution in [-0.2, 0) is 0 Å². The Morgan fingerprint density at radius 1 is 1.07 bits per heavy atom. The third-order valence-corrected chi connectivity index (χ3v) is 5.49. The van der Waals surface area contributed by atoms with Gasteiger partial charge in [-0.15, -0.1) is 0 Å². The van der Waals surface area contributed by atoms with Gasteiger partial charge in [0.2, 0.25) is 6.23 Å². The van der Waals surface area contributed by atoms with Crippen molar-refractivity contribution in [3.05, 3.63) is 83.7 Å². The van der Waals surface area contributed by atoms with E-state index in [1.807, 2.05) is 43.3 Å². The second-order valence-electron chi connectivity index (χ2n) is 7.23. The number of para-hydroxylation sites is 1. The number of nitrogens with zero attached hydrogens (tertiary/aromatic N) is 3. The van der Waals surface area contributed by atoms with Crippen molar-refractivity contribution in [1.29, 1.82) is 0 Å². The Hall–Kier alpha value is -3.54. The second kappa shape index (κ2) is 7.71. The molecule has 2 unspecified atom stereocenters. The quantitative estimate of drug-likeness (QED) is 0.619. The monoisotopic (exact) mass is 401 g/mol. The predicted octanol–water partition coefficient (Wildman–Crippen LogP) is 4.73. The summed E-state index contributed by atoms with van der Waals surface area (Å²) < 4.78 is 17.6. The lowest BCUT2D eigenvalue weighted by Crippen LogP contribution is -2.33. The van der Waals surface area contributed by atoms with Gasteiger partial charge in [-0.25, -0.2) is 5.01 Å². The van der Waals surface area contributed by atoms with E-state index in [1.165, 1.54) is 0 Å². The van der Waals surface area contributed by atoms with Gasteiger partial charge in [0.25, 0.3) is 0 Å². The third kappa shape index (κ3) is 3.14. The van der Waals surface area contributed by atoms with Crippen molar-refractivity contribution in [1.82, 2.24) is 9.99 Å². The van der Waals surface area contributed by atoms with Gasteiger partial charge in [0.15, 0.2) is 11.5 Å². The number of hydrogen-bond donors (Lipinski definition) is 0. The van der Waals surface area contributed by atoms with Crippen molar-refractivity contribution in [2.24, 2.45) is 5.10 Å². The van der Waals surface area contributed by atoms with Crippen LogP contribution in [0.15, 0.2) is 72.1 Å². The number of hydrogen-bond acceptors (Lipinski definition) is 6. The number of aromatic nitrogens is 1. The molecule has 0 aliphatic carbocycles. The molecular formula is C24H23N3O3. The molecule has 0 amide bonds. The number of hydrazone groups is 1. The topological polar surface area (TPSA) is 56.2 Å². The summed E-state index contributed by atoms with van der Waals surface area (Å²) in [6, 6.07) is 18.1. The van der Waals surface area contributed by atoms with E-state index in [4.69, 9.17) is 19.3 Å². The molecule has 3 heterocycles. The SMILES string of the molecule is CCOc1cccc2c1OC(c1ccncc1)N1N=C(c3ccc(OC)cc3)CC21. The molecule has 1 aromatic heterocycles. The van der Waals surface area contributed by atoms with Gasteiger partial charge in [-0.1, -0.05) is 12.1 Å². The molecule has 0 N–H and O–H groups in total. The Balaban J connectivity index is 1.58. The smallest absolute Gasteiger partial charge is 0.214 e. The molecule has 2 atom stereocenters. The Labute approximate surface area is 175 Å². The first-order chi connectivity index (χ1) is 14.8. The maximum atomic E-state index is 6.48. The van der Waals surface area contributed by atoms with E-state index in [9.17, 15) is 0 Å². The highest BCUT2D eigenvalue weighted by Crippen LogP contribution is 2.50. The van der Waals surface area contributed by atoms with Crippen LogP contribution in [0.1, 0.15) is 42.3 Å². The zero-order valence-electron chi connectivity index (χ0n) is 17.0. The lowest BCUT2D eigenvalue weighted by atomic mass is 9.95. The Bertz CT molecular complexity index is 1070. The standard InChI is InChI=1S/C24H23N3O3/c1-3-29-22-6-4-5-19-21-15-20(16-7-9-18(28-2)10-8-16)26-27(21)24(30-23(19)22)17-11-13-25-14-12-17/h4-14,21,24H,3,15H2,1-2H3. The molecule has 2 aliphatic heterocycles. The van der Waals surface area contributed by atoms with Crippen LogP contribution < -0.4 is 14.2 Å². The maximum absolute atomic E-state index is 6.48. The van der Waals surface area contributed by atoms with Gasteiger partial charge in [0.05, 0.1) is 25.5 Å². The van der Waals surface area contributed by atoms with Crippen molar-refractivity contribution in [3.8, 4) is 17.2 Å². The molecule has 2 aliphatic rings. The van der Waals surface area contributed by atoms with E-state index in [0.717, 1.165) is 46.1 Å². The fourth-order valence-corrected chi connectivity index (χ4v) is 4.06. The minimum Gasteiger partial charge on any atom is -0.497 e. The number of rotatable bonds is 5. The van der Waals surface area contributed by atoms with Crippen LogP contribution >= 0.6 is 0 Å². The summed E-state index contributed by atoms with van der Waals surface area (Å²) in [5.74, 6) is 2.40. The molecule has 2 aromatic carbocycles. The summed E-state index contributed by atoms with van der Waals surface area (Å²) in [7, 11) is 1.67. The fourth-order valence-electron chi connectivity index (χ4n) is 4.06. The predicted molar refractivity (Wildman–Crippen MR) is 114 cm³/mol. The highest BCUT2D eigenvalue weighted by molar-refractivity contribution is 6.02. The summed E-state index contributed by atoms with van der Waals surface area (Å²) in [4.78, 5) is 4.15. The normalized spacial score (nSPS) is 19.4. The number of fused-ring (bicyclic) bond motifs is 3. The molecule has 0 radical (unpaired) electrons. The number of benzene rings is 2. The summed E-state index contributed by atoms with van der Waals surface area (Å²) in [5.41, 5.74) is 4.21. The van der Waals surface area contributed by atoms with Crippen LogP contribution in [0.2, 0.25) is 0 Å². The Morgan fingerprint density at radius 2 is 1.87 bits per heavy atom. The second-order valence-corrected chi connectivity index (χ2v) is 7.23. The molecule has 0 spiro atoms. The van der Waals surface area contributed by atoms with Gasteiger partial charge >= 0.3 is 0 Å². The number of pyridine rings is 1. The molecule has 0 saturated carbocycles. The van der Waals surface area contributed by atoms with Gasteiger partial charge in [-0.05, 0) is 55.0 Å². The van der Waals surface area contributed by atoms with Gasteiger partial charge in [-0.3, -0.25) is 4.98 Å². The molecule has 6 nitrogen and oxygen atoms in total. The number of ether oxygens (including phenoxy) is 3. The van der Waals surface area contributed by atoms with Gasteiger partial charge in [-0.2, -0.15) is 5.10 Å². The molecule has 3 aromatic rings. The summed E-state index contributed by atoms with van der Waals surface area (Å²) >= 11 is 0. The lowest BCUT2D eigenvalue weighted by Gasteiger charge is -2.38. The number of methoxy groups -OCH3 is 1. The fraction of sp³-hybridized carbons (Fsp3) is 0.250. The van der Waals surface area contributed by atoms with Gasteiger partial charge in [0, 0.05) is 29.9 Å². The van der Waals surface area contributed by atoms with Crippen LogP contribution in [-0.4, -0.2) is 29.4 Å². The van der Waals surface area contributed by atoms with E-state index >= 15 is 0 Å². The Kier molecular flexibility index (Phi) is 4.75. The Morgan fingerprint density at radius 3 is 2.60 bits per heavy atom. The zero-order valence-corrected chi connectivity index (χ0v) is 17.0. The average Bonchev–Trinajstić information content (AvgIpc) is 3.25. The average molecular weight is 401 g/mol.